The quantitative estimate of drug-likeness (QED) is 0.847. The SMILES string of the molecule is CC(C)OCCC(=O)NCCc1ccc2ccccc2c1. The van der Waals surface area contributed by atoms with E-state index >= 15 is 0 Å². The third kappa shape index (κ3) is 5.20. The maximum Gasteiger partial charge on any atom is 0.222 e. The number of benzene rings is 2. The van der Waals surface area contributed by atoms with E-state index in [2.05, 4.69) is 35.6 Å². The van der Waals surface area contributed by atoms with Gasteiger partial charge in [-0.2, -0.15) is 0 Å². The lowest BCUT2D eigenvalue weighted by molar-refractivity contribution is -0.122. The molecule has 2 aromatic rings. The van der Waals surface area contributed by atoms with E-state index in [9.17, 15) is 4.79 Å². The predicted molar refractivity (Wildman–Crippen MR) is 86.4 cm³/mol. The molecule has 0 saturated carbocycles. The van der Waals surface area contributed by atoms with Gasteiger partial charge in [-0.25, -0.2) is 0 Å². The lowest BCUT2D eigenvalue weighted by atomic mass is 10.1. The largest absolute Gasteiger partial charge is 0.378 e. The van der Waals surface area contributed by atoms with Crippen molar-refractivity contribution in [2.24, 2.45) is 0 Å². The minimum absolute atomic E-state index is 0.0523. The molecule has 1 N–H and O–H groups in total. The Morgan fingerprint density at radius 3 is 2.67 bits per heavy atom. The Labute approximate surface area is 126 Å². The third-order valence-electron chi connectivity index (χ3n) is 3.33. The lowest BCUT2D eigenvalue weighted by Crippen LogP contribution is -2.27. The molecule has 21 heavy (non-hydrogen) atoms. The fraction of sp³-hybridized carbons (Fsp3) is 0.389. The zero-order valence-electron chi connectivity index (χ0n) is 12.8. The fourth-order valence-corrected chi connectivity index (χ4v) is 2.22. The van der Waals surface area contributed by atoms with E-state index in [1.165, 1.54) is 16.3 Å². The van der Waals surface area contributed by atoms with Crippen LogP contribution >= 0.6 is 0 Å². The molecular formula is C18H23NO2. The predicted octanol–water partition coefficient (Wildman–Crippen LogP) is 3.31. The van der Waals surface area contributed by atoms with Gasteiger partial charge in [-0.05, 0) is 36.6 Å². The molecule has 0 unspecified atom stereocenters. The highest BCUT2D eigenvalue weighted by Gasteiger charge is 2.02. The molecule has 3 heteroatoms. The number of nitrogens with one attached hydrogen (secondary N) is 1. The van der Waals surface area contributed by atoms with E-state index in [1.807, 2.05) is 26.0 Å². The molecule has 3 nitrogen and oxygen atoms in total. The van der Waals surface area contributed by atoms with E-state index in [-0.39, 0.29) is 12.0 Å². The van der Waals surface area contributed by atoms with Crippen LogP contribution in [-0.2, 0) is 16.0 Å². The fourth-order valence-electron chi connectivity index (χ4n) is 2.22. The van der Waals surface area contributed by atoms with Gasteiger partial charge in [0.05, 0.1) is 12.7 Å². The zero-order chi connectivity index (χ0) is 15.1. The lowest BCUT2D eigenvalue weighted by Gasteiger charge is -2.08. The van der Waals surface area contributed by atoms with Crippen molar-refractivity contribution in [3.63, 3.8) is 0 Å². The first kappa shape index (κ1) is 15.5. The summed E-state index contributed by atoms with van der Waals surface area (Å²) in [6.45, 7) is 5.09. The van der Waals surface area contributed by atoms with E-state index in [0.717, 1.165) is 6.42 Å². The number of ether oxygens (including phenoxy) is 1. The normalized spacial score (nSPS) is 11.0. The molecule has 0 radical (unpaired) electrons. The summed E-state index contributed by atoms with van der Waals surface area (Å²) in [6.07, 6.45) is 1.45. The summed E-state index contributed by atoms with van der Waals surface area (Å²) in [7, 11) is 0. The van der Waals surface area contributed by atoms with Crippen LogP contribution in [0.3, 0.4) is 0 Å². The van der Waals surface area contributed by atoms with Gasteiger partial charge in [0, 0.05) is 13.0 Å². The highest BCUT2D eigenvalue weighted by Crippen LogP contribution is 2.15. The van der Waals surface area contributed by atoms with Gasteiger partial charge in [0.25, 0.3) is 0 Å². The molecule has 0 aliphatic carbocycles. The Kier molecular flexibility index (Phi) is 5.76. The molecule has 0 spiro atoms. The van der Waals surface area contributed by atoms with Crippen molar-refractivity contribution in [3.05, 3.63) is 48.0 Å². The Hall–Kier alpha value is -1.87. The number of fused-ring (bicyclic) bond motifs is 1. The van der Waals surface area contributed by atoms with E-state index in [0.29, 0.717) is 19.6 Å². The second-order valence-electron chi connectivity index (χ2n) is 5.45. The van der Waals surface area contributed by atoms with Crippen LogP contribution in [0.1, 0.15) is 25.8 Å². The van der Waals surface area contributed by atoms with Gasteiger partial charge in [-0.1, -0.05) is 42.5 Å². The molecule has 2 rings (SSSR count). The van der Waals surface area contributed by atoms with Crippen LogP contribution in [0, 0.1) is 0 Å². The first-order chi connectivity index (χ1) is 10.1. The first-order valence-corrected chi connectivity index (χ1v) is 7.51. The van der Waals surface area contributed by atoms with Crippen molar-refractivity contribution in [2.45, 2.75) is 32.8 Å². The summed E-state index contributed by atoms with van der Waals surface area (Å²) in [5, 5.41) is 5.42. The van der Waals surface area contributed by atoms with Gasteiger partial charge in [0.15, 0.2) is 0 Å². The van der Waals surface area contributed by atoms with Crippen LogP contribution in [-0.4, -0.2) is 25.2 Å². The van der Waals surface area contributed by atoms with Crippen LogP contribution in [0.4, 0.5) is 0 Å². The third-order valence-corrected chi connectivity index (χ3v) is 3.33. The molecule has 0 heterocycles. The summed E-state index contributed by atoms with van der Waals surface area (Å²) in [6, 6.07) is 14.7. The molecule has 0 atom stereocenters. The van der Waals surface area contributed by atoms with Crippen LogP contribution in [0.25, 0.3) is 10.8 Å². The Balaban J connectivity index is 1.75. The van der Waals surface area contributed by atoms with Gasteiger partial charge in [0.2, 0.25) is 5.91 Å². The standard InChI is InChI=1S/C18H23NO2/c1-14(2)21-12-10-18(20)19-11-9-15-7-8-16-5-3-4-6-17(16)13-15/h3-8,13-14H,9-12H2,1-2H3,(H,19,20). The average Bonchev–Trinajstić information content (AvgIpc) is 2.47. The number of rotatable bonds is 7. The Bertz CT molecular complexity index is 593. The minimum atomic E-state index is 0.0523. The van der Waals surface area contributed by atoms with Crippen molar-refractivity contribution in [3.8, 4) is 0 Å². The molecule has 2 aromatic carbocycles. The second kappa shape index (κ2) is 7.79. The van der Waals surface area contributed by atoms with Crippen molar-refractivity contribution in [2.75, 3.05) is 13.2 Å². The highest BCUT2D eigenvalue weighted by molar-refractivity contribution is 5.83. The van der Waals surface area contributed by atoms with Crippen LogP contribution in [0.5, 0.6) is 0 Å². The Morgan fingerprint density at radius 2 is 1.90 bits per heavy atom. The van der Waals surface area contributed by atoms with E-state index < -0.39 is 0 Å². The summed E-state index contributed by atoms with van der Waals surface area (Å²) in [5.41, 5.74) is 1.24. The van der Waals surface area contributed by atoms with Crippen molar-refractivity contribution < 1.29 is 9.53 Å². The van der Waals surface area contributed by atoms with Gasteiger partial charge < -0.3 is 10.1 Å². The zero-order valence-corrected chi connectivity index (χ0v) is 12.8. The summed E-state index contributed by atoms with van der Waals surface area (Å²) < 4.78 is 5.36. The summed E-state index contributed by atoms with van der Waals surface area (Å²) in [5.74, 6) is 0.0523. The minimum Gasteiger partial charge on any atom is -0.378 e. The molecule has 0 fully saturated rings. The topological polar surface area (TPSA) is 38.3 Å². The van der Waals surface area contributed by atoms with Crippen LogP contribution in [0.2, 0.25) is 0 Å². The first-order valence-electron chi connectivity index (χ1n) is 7.51. The maximum atomic E-state index is 11.6. The average molecular weight is 285 g/mol. The van der Waals surface area contributed by atoms with Gasteiger partial charge >= 0.3 is 0 Å². The van der Waals surface area contributed by atoms with E-state index in [1.54, 1.807) is 0 Å². The van der Waals surface area contributed by atoms with Gasteiger partial charge in [-0.15, -0.1) is 0 Å². The van der Waals surface area contributed by atoms with Crippen molar-refractivity contribution >= 4 is 16.7 Å². The van der Waals surface area contributed by atoms with Gasteiger partial charge in [0.1, 0.15) is 0 Å². The number of carbonyl (C=O) groups excluding carboxylic acids is 1. The molecule has 112 valence electrons. The smallest absolute Gasteiger partial charge is 0.222 e. The van der Waals surface area contributed by atoms with Crippen LogP contribution in [0.15, 0.2) is 42.5 Å². The number of hydrogen-bond acceptors (Lipinski definition) is 2. The summed E-state index contributed by atoms with van der Waals surface area (Å²) >= 11 is 0. The molecule has 0 aromatic heterocycles. The molecular weight excluding hydrogens is 262 g/mol. The number of carbonyl (C=O) groups is 1. The maximum absolute atomic E-state index is 11.6. The Morgan fingerprint density at radius 1 is 1.14 bits per heavy atom. The highest BCUT2D eigenvalue weighted by atomic mass is 16.5. The van der Waals surface area contributed by atoms with E-state index in [4.69, 9.17) is 4.74 Å². The summed E-state index contributed by atoms with van der Waals surface area (Å²) in [4.78, 5) is 11.6. The molecule has 0 bridgehead atoms. The van der Waals surface area contributed by atoms with Gasteiger partial charge in [-0.3, -0.25) is 4.79 Å². The molecule has 0 aliphatic heterocycles. The number of amides is 1. The second-order valence-corrected chi connectivity index (χ2v) is 5.45. The van der Waals surface area contributed by atoms with Crippen LogP contribution < -0.4 is 5.32 Å². The molecule has 0 aliphatic rings. The molecule has 1 amide bonds. The van der Waals surface area contributed by atoms with Crippen molar-refractivity contribution in [1.29, 1.82) is 0 Å². The van der Waals surface area contributed by atoms with Crippen molar-refractivity contribution in [1.82, 2.24) is 5.32 Å². The molecule has 0 saturated heterocycles. The number of hydrogen-bond donors (Lipinski definition) is 1. The monoisotopic (exact) mass is 285 g/mol.